The van der Waals surface area contributed by atoms with Gasteiger partial charge in [0.25, 0.3) is 5.69 Å². The molecule has 1 aliphatic rings. The van der Waals surface area contributed by atoms with Crippen LogP contribution in [0, 0.1) is 10.1 Å². The number of sulfone groups is 1. The van der Waals surface area contributed by atoms with Crippen LogP contribution in [0.25, 0.3) is 11.5 Å². The first-order valence-electron chi connectivity index (χ1n) is 8.93. The minimum Gasteiger partial charge on any atom is -0.444 e. The van der Waals surface area contributed by atoms with Crippen LogP contribution in [-0.4, -0.2) is 51.1 Å². The number of non-ortho nitro benzene ring substituents is 1. The van der Waals surface area contributed by atoms with Crippen molar-refractivity contribution in [1.82, 2.24) is 19.7 Å². The van der Waals surface area contributed by atoms with Crippen molar-refractivity contribution in [1.29, 1.82) is 0 Å². The average Bonchev–Trinajstić information content (AvgIpc) is 3.32. The maximum atomic E-state index is 12.2. The van der Waals surface area contributed by atoms with E-state index >= 15 is 0 Å². The molecule has 0 saturated carbocycles. The van der Waals surface area contributed by atoms with Gasteiger partial charge in [0, 0.05) is 49.6 Å². The summed E-state index contributed by atoms with van der Waals surface area (Å²) in [6.45, 7) is 0.813. The number of rotatable bonds is 5. The second-order valence-corrected chi connectivity index (χ2v) is 9.22. The van der Waals surface area contributed by atoms with Crippen molar-refractivity contribution in [3.63, 3.8) is 0 Å². The van der Waals surface area contributed by atoms with Crippen LogP contribution in [0.5, 0.6) is 0 Å². The number of hydrogen-bond donors (Lipinski definition) is 0. The van der Waals surface area contributed by atoms with Gasteiger partial charge in [-0.3, -0.25) is 19.7 Å². The van der Waals surface area contributed by atoms with Crippen LogP contribution < -0.4 is 0 Å². The third-order valence-electron chi connectivity index (χ3n) is 4.89. The van der Waals surface area contributed by atoms with Crippen LogP contribution in [0.3, 0.4) is 0 Å². The fourth-order valence-corrected chi connectivity index (χ4v) is 4.96. The van der Waals surface area contributed by atoms with Crippen LogP contribution in [0.4, 0.5) is 5.69 Å². The summed E-state index contributed by atoms with van der Waals surface area (Å²) in [6.07, 6.45) is 5.04. The molecule has 3 heterocycles. The Kier molecular flexibility index (Phi) is 4.92. The van der Waals surface area contributed by atoms with Crippen molar-refractivity contribution < 1.29 is 17.8 Å². The lowest BCUT2D eigenvalue weighted by molar-refractivity contribution is -0.384. The normalized spacial score (nSPS) is 19.3. The van der Waals surface area contributed by atoms with Gasteiger partial charge in [0.15, 0.2) is 9.84 Å². The summed E-state index contributed by atoms with van der Waals surface area (Å²) < 4.78 is 31.5. The van der Waals surface area contributed by atoms with Crippen molar-refractivity contribution in [2.45, 2.75) is 12.6 Å². The largest absolute Gasteiger partial charge is 0.444 e. The predicted molar refractivity (Wildman–Crippen MR) is 104 cm³/mol. The van der Waals surface area contributed by atoms with Gasteiger partial charge in [0.05, 0.1) is 34.4 Å². The maximum Gasteiger partial charge on any atom is 0.269 e. The third kappa shape index (κ3) is 4.20. The number of aromatic nitrogens is 3. The summed E-state index contributed by atoms with van der Waals surface area (Å²) in [6, 6.07) is 5.65. The zero-order chi connectivity index (χ0) is 20.6. The zero-order valence-electron chi connectivity index (χ0n) is 15.6. The Hall–Kier alpha value is -3.05. The van der Waals surface area contributed by atoms with E-state index < -0.39 is 14.8 Å². The second-order valence-electron chi connectivity index (χ2n) is 7.00. The molecule has 10 nitrogen and oxygen atoms in total. The fourth-order valence-electron chi connectivity index (χ4n) is 3.40. The molecule has 29 heavy (non-hydrogen) atoms. The molecule has 0 unspecified atom stereocenters. The van der Waals surface area contributed by atoms with Gasteiger partial charge in [-0.2, -0.15) is 5.10 Å². The standard InChI is InChI=1S/C18H19N5O5S/c1-21-9-14(8-19-21)17-12-29(26,27)7-6-22(17)10-15-11-28-18(20-15)13-2-4-16(5-3-13)23(24)25/h2-5,8-9,11,17H,6-7,10,12H2,1H3/t17-/m1/s1. The quantitative estimate of drug-likeness (QED) is 0.456. The van der Waals surface area contributed by atoms with E-state index in [1.54, 1.807) is 30.1 Å². The van der Waals surface area contributed by atoms with Crippen molar-refractivity contribution in [2.24, 2.45) is 7.05 Å². The van der Waals surface area contributed by atoms with Gasteiger partial charge in [0.1, 0.15) is 6.26 Å². The molecular formula is C18H19N5O5S. The average molecular weight is 417 g/mol. The molecule has 1 saturated heterocycles. The van der Waals surface area contributed by atoms with E-state index in [-0.39, 0.29) is 23.2 Å². The summed E-state index contributed by atoms with van der Waals surface area (Å²) in [4.78, 5) is 16.8. The number of hydrogen-bond acceptors (Lipinski definition) is 8. The van der Waals surface area contributed by atoms with Crippen molar-refractivity contribution in [2.75, 3.05) is 18.1 Å². The minimum absolute atomic E-state index is 0.00521. The Balaban J connectivity index is 1.54. The monoisotopic (exact) mass is 417 g/mol. The highest BCUT2D eigenvalue weighted by Crippen LogP contribution is 2.29. The molecule has 4 rings (SSSR count). The van der Waals surface area contributed by atoms with E-state index in [9.17, 15) is 18.5 Å². The van der Waals surface area contributed by atoms with Gasteiger partial charge in [-0.25, -0.2) is 13.4 Å². The second kappa shape index (κ2) is 7.41. The number of aryl methyl sites for hydroxylation is 1. The van der Waals surface area contributed by atoms with Gasteiger partial charge in [-0.15, -0.1) is 0 Å². The molecule has 1 aliphatic heterocycles. The van der Waals surface area contributed by atoms with Gasteiger partial charge < -0.3 is 4.42 Å². The van der Waals surface area contributed by atoms with Crippen molar-refractivity contribution >= 4 is 15.5 Å². The molecule has 0 N–H and O–H groups in total. The Morgan fingerprint density at radius 2 is 2.07 bits per heavy atom. The van der Waals surface area contributed by atoms with Crippen LogP contribution >= 0.6 is 0 Å². The molecule has 1 aromatic carbocycles. The highest BCUT2D eigenvalue weighted by atomic mass is 32.2. The molecule has 0 spiro atoms. The molecular weight excluding hydrogens is 398 g/mol. The van der Waals surface area contributed by atoms with E-state index in [0.717, 1.165) is 5.56 Å². The van der Waals surface area contributed by atoms with Crippen LogP contribution in [0.2, 0.25) is 0 Å². The van der Waals surface area contributed by atoms with E-state index in [4.69, 9.17) is 4.42 Å². The van der Waals surface area contributed by atoms with E-state index in [1.165, 1.54) is 18.4 Å². The van der Waals surface area contributed by atoms with Gasteiger partial charge in [0.2, 0.25) is 5.89 Å². The van der Waals surface area contributed by atoms with Gasteiger partial charge >= 0.3 is 0 Å². The topological polar surface area (TPSA) is 124 Å². The summed E-state index contributed by atoms with van der Waals surface area (Å²) >= 11 is 0. The van der Waals surface area contributed by atoms with Crippen LogP contribution in [0.1, 0.15) is 17.3 Å². The molecule has 3 aromatic rings. The van der Waals surface area contributed by atoms with Gasteiger partial charge in [-0.05, 0) is 12.1 Å². The minimum atomic E-state index is -3.12. The van der Waals surface area contributed by atoms with Crippen molar-refractivity contribution in [3.8, 4) is 11.5 Å². The first-order chi connectivity index (χ1) is 13.8. The highest BCUT2D eigenvalue weighted by Gasteiger charge is 2.33. The highest BCUT2D eigenvalue weighted by molar-refractivity contribution is 7.91. The smallest absolute Gasteiger partial charge is 0.269 e. The number of oxazole rings is 1. The lowest BCUT2D eigenvalue weighted by Gasteiger charge is -2.34. The van der Waals surface area contributed by atoms with Crippen LogP contribution in [-0.2, 0) is 23.4 Å². The third-order valence-corrected chi connectivity index (χ3v) is 6.52. The molecule has 1 fully saturated rings. The van der Waals surface area contributed by atoms with Crippen molar-refractivity contribution in [3.05, 3.63) is 64.3 Å². The summed E-state index contributed by atoms with van der Waals surface area (Å²) in [7, 11) is -1.33. The zero-order valence-corrected chi connectivity index (χ0v) is 16.4. The lowest BCUT2D eigenvalue weighted by atomic mass is 10.1. The summed E-state index contributed by atoms with van der Waals surface area (Å²) in [5, 5.41) is 14.9. The molecule has 152 valence electrons. The molecule has 0 radical (unpaired) electrons. The number of nitro benzene ring substituents is 1. The molecule has 0 bridgehead atoms. The molecule has 2 aromatic heterocycles. The first-order valence-corrected chi connectivity index (χ1v) is 10.7. The van der Waals surface area contributed by atoms with Crippen LogP contribution in [0.15, 0.2) is 47.3 Å². The molecule has 0 amide bonds. The first kappa shape index (κ1) is 19.3. The Morgan fingerprint density at radius 1 is 1.31 bits per heavy atom. The molecule has 0 aliphatic carbocycles. The SMILES string of the molecule is Cn1cc([C@H]2CS(=O)(=O)CCN2Cc2coc(-c3ccc([N+](=O)[O-])cc3)n2)cn1. The number of nitro groups is 1. The van der Waals surface area contributed by atoms with E-state index in [0.29, 0.717) is 30.2 Å². The predicted octanol–water partition coefficient (Wildman–Crippen LogP) is 1.95. The summed E-state index contributed by atoms with van der Waals surface area (Å²) in [5.41, 5.74) is 2.13. The maximum absolute atomic E-state index is 12.2. The number of benzene rings is 1. The van der Waals surface area contributed by atoms with E-state index in [1.807, 2.05) is 6.20 Å². The molecule has 11 heteroatoms. The summed E-state index contributed by atoms with van der Waals surface area (Å²) in [5.74, 6) is 0.486. The van der Waals surface area contributed by atoms with E-state index in [2.05, 4.69) is 15.0 Å². The fraction of sp³-hybridized carbons (Fsp3) is 0.333. The lowest BCUT2D eigenvalue weighted by Crippen LogP contribution is -2.42. The van der Waals surface area contributed by atoms with Gasteiger partial charge in [-0.1, -0.05) is 0 Å². The Labute approximate surface area is 166 Å². The Morgan fingerprint density at radius 3 is 2.72 bits per heavy atom. The Bertz CT molecular complexity index is 1140. The molecule has 1 atom stereocenters. The number of nitrogens with zero attached hydrogens (tertiary/aromatic N) is 5.